The van der Waals surface area contributed by atoms with Crippen molar-refractivity contribution in [3.05, 3.63) is 66.2 Å². The van der Waals surface area contributed by atoms with Gasteiger partial charge >= 0.3 is 149 Å². The maximum absolute atomic E-state index is 12.9. The van der Waals surface area contributed by atoms with E-state index < -0.39 is 5.92 Å². The maximum atomic E-state index is 12.9. The fourth-order valence-electron chi connectivity index (χ4n) is 3.24. The van der Waals surface area contributed by atoms with Crippen molar-refractivity contribution < 1.29 is 9.59 Å². The van der Waals surface area contributed by atoms with Crippen molar-refractivity contribution in [1.82, 2.24) is 4.90 Å². The zero-order valence-electron chi connectivity index (χ0n) is 13.9. The van der Waals surface area contributed by atoms with E-state index in [0.29, 0.717) is 16.9 Å². The Kier molecular flexibility index (Phi) is 5.17. The van der Waals surface area contributed by atoms with Crippen LogP contribution in [-0.4, -0.2) is 45.1 Å². The molecule has 2 aromatic rings. The predicted octanol–water partition coefficient (Wildman–Crippen LogP) is 2.41. The molecule has 3 atom stereocenters. The van der Waals surface area contributed by atoms with Crippen molar-refractivity contribution in [2.45, 2.75) is 11.7 Å². The first-order chi connectivity index (χ1) is 11.6. The first-order valence-electron chi connectivity index (χ1n) is 8.14. The minimum atomic E-state index is -0.544. The van der Waals surface area contributed by atoms with Gasteiger partial charge in [0, 0.05) is 0 Å². The van der Waals surface area contributed by atoms with Gasteiger partial charge in [-0.1, -0.05) is 0 Å². The molecule has 24 heavy (non-hydrogen) atoms. The number of hydrogen-bond donors (Lipinski definition) is 0. The summed E-state index contributed by atoms with van der Waals surface area (Å²) >= 11 is 0.243. The topological polar surface area (TPSA) is 37.4 Å². The Bertz CT molecular complexity index is 717. The number of ketones is 1. The van der Waals surface area contributed by atoms with Crippen LogP contribution < -0.4 is 4.46 Å². The molecule has 0 radical (unpaired) electrons. The average Bonchev–Trinajstić information content (AvgIpc) is 2.91. The molecule has 0 saturated carbocycles. The number of carbonyl (C=O) groups is 2. The third kappa shape index (κ3) is 3.45. The van der Waals surface area contributed by atoms with Gasteiger partial charge in [-0.15, -0.1) is 0 Å². The van der Waals surface area contributed by atoms with Crippen molar-refractivity contribution >= 4 is 31.1 Å². The molecule has 1 aliphatic rings. The van der Waals surface area contributed by atoms with Gasteiger partial charge in [0.25, 0.3) is 0 Å². The molecule has 1 heterocycles. The van der Waals surface area contributed by atoms with E-state index in [4.69, 9.17) is 0 Å². The summed E-state index contributed by atoms with van der Waals surface area (Å²) in [4.78, 5) is 27.6. The molecule has 1 aliphatic heterocycles. The van der Waals surface area contributed by atoms with E-state index in [-0.39, 0.29) is 32.6 Å². The third-order valence-electron chi connectivity index (χ3n) is 4.56. The normalized spacial score (nSPS) is 21.8. The molecule has 4 heteroatoms. The van der Waals surface area contributed by atoms with Gasteiger partial charge in [0.1, 0.15) is 0 Å². The Morgan fingerprint density at radius 1 is 1.08 bits per heavy atom. The van der Waals surface area contributed by atoms with Crippen molar-refractivity contribution in [3.8, 4) is 0 Å². The molecule has 2 aromatic carbocycles. The second-order valence-electron chi connectivity index (χ2n) is 6.23. The Labute approximate surface area is 149 Å². The Morgan fingerprint density at radius 3 is 2.29 bits per heavy atom. The van der Waals surface area contributed by atoms with Crippen LogP contribution in [0.3, 0.4) is 0 Å². The van der Waals surface area contributed by atoms with E-state index in [1.54, 1.807) is 24.1 Å². The van der Waals surface area contributed by atoms with Crippen LogP contribution in [0.1, 0.15) is 17.3 Å². The standard InChI is InChI=1S/C20H21NO2Se/c1-14(24-16-11-7-4-8-12-16)17-13-21(2)20(23)18(17)19(22)15-9-5-3-6-10-15/h3-12,14,17-18H,13H2,1-2H3/t14?,17-,18+/m1/s1. The summed E-state index contributed by atoms with van der Waals surface area (Å²) in [6, 6.07) is 19.6. The quantitative estimate of drug-likeness (QED) is 0.450. The van der Waals surface area contributed by atoms with Gasteiger partial charge in [0.2, 0.25) is 0 Å². The summed E-state index contributed by atoms with van der Waals surface area (Å²) in [5.41, 5.74) is 0.635. The first-order valence-corrected chi connectivity index (χ1v) is 9.98. The van der Waals surface area contributed by atoms with E-state index in [1.807, 2.05) is 36.4 Å². The second kappa shape index (κ2) is 7.33. The molecule has 124 valence electrons. The zero-order valence-corrected chi connectivity index (χ0v) is 15.6. The zero-order chi connectivity index (χ0) is 17.1. The molecule has 0 N–H and O–H groups in total. The van der Waals surface area contributed by atoms with Gasteiger partial charge in [-0.2, -0.15) is 0 Å². The summed E-state index contributed by atoms with van der Waals surface area (Å²) in [7, 11) is 1.80. The van der Waals surface area contributed by atoms with Crippen molar-refractivity contribution in [2.24, 2.45) is 11.8 Å². The third-order valence-corrected chi connectivity index (χ3v) is 7.22. The SMILES string of the molecule is CC([Se]c1ccccc1)[C@H]1CN(C)C(=O)[C@@H]1C(=O)c1ccccc1. The molecule has 3 rings (SSSR count). The number of likely N-dealkylation sites (tertiary alicyclic amines) is 1. The number of hydrogen-bond acceptors (Lipinski definition) is 2. The molecule has 1 saturated heterocycles. The number of rotatable bonds is 5. The van der Waals surface area contributed by atoms with E-state index in [2.05, 4.69) is 19.1 Å². The summed E-state index contributed by atoms with van der Waals surface area (Å²) in [5, 5.41) is 0. The van der Waals surface area contributed by atoms with Crippen LogP contribution in [0.2, 0.25) is 4.82 Å². The van der Waals surface area contributed by atoms with Gasteiger partial charge in [-0.05, 0) is 0 Å². The van der Waals surface area contributed by atoms with Crippen molar-refractivity contribution in [1.29, 1.82) is 0 Å². The van der Waals surface area contributed by atoms with Crippen LogP contribution in [0.5, 0.6) is 0 Å². The summed E-state index contributed by atoms with van der Waals surface area (Å²) in [6.07, 6.45) is 0. The van der Waals surface area contributed by atoms with Crippen LogP contribution in [0, 0.1) is 11.8 Å². The molecule has 0 aromatic heterocycles. The van der Waals surface area contributed by atoms with Crippen LogP contribution in [-0.2, 0) is 4.79 Å². The summed E-state index contributed by atoms with van der Waals surface area (Å²) in [6.45, 7) is 2.84. The average molecular weight is 386 g/mol. The van der Waals surface area contributed by atoms with Crippen LogP contribution >= 0.6 is 0 Å². The number of nitrogens with zero attached hydrogens (tertiary/aromatic N) is 1. The molecular weight excluding hydrogens is 365 g/mol. The number of benzene rings is 2. The van der Waals surface area contributed by atoms with Gasteiger partial charge < -0.3 is 0 Å². The first kappa shape index (κ1) is 16.9. The van der Waals surface area contributed by atoms with E-state index in [0.717, 1.165) is 0 Å². The minimum absolute atomic E-state index is 0.0364. The number of amides is 1. The summed E-state index contributed by atoms with van der Waals surface area (Å²) < 4.78 is 1.31. The molecule has 1 amide bonds. The summed E-state index contributed by atoms with van der Waals surface area (Å²) in [5.74, 6) is -0.538. The van der Waals surface area contributed by atoms with E-state index in [9.17, 15) is 9.59 Å². The van der Waals surface area contributed by atoms with Gasteiger partial charge in [-0.25, -0.2) is 0 Å². The van der Waals surface area contributed by atoms with Crippen molar-refractivity contribution in [2.75, 3.05) is 13.6 Å². The van der Waals surface area contributed by atoms with Gasteiger partial charge in [0.15, 0.2) is 0 Å². The van der Waals surface area contributed by atoms with Crippen LogP contribution in [0.15, 0.2) is 60.7 Å². The second-order valence-corrected chi connectivity index (χ2v) is 9.27. The monoisotopic (exact) mass is 387 g/mol. The Hall–Kier alpha value is -1.90. The van der Waals surface area contributed by atoms with Crippen LogP contribution in [0.25, 0.3) is 0 Å². The van der Waals surface area contributed by atoms with Crippen molar-refractivity contribution in [3.63, 3.8) is 0 Å². The Morgan fingerprint density at radius 2 is 1.67 bits per heavy atom. The molecular formula is C20H21NO2Se. The molecule has 3 nitrogen and oxygen atoms in total. The molecule has 1 fully saturated rings. The molecule has 0 bridgehead atoms. The molecule has 0 aliphatic carbocycles. The number of carbonyl (C=O) groups excluding carboxylic acids is 2. The van der Waals surface area contributed by atoms with Gasteiger partial charge in [-0.3, -0.25) is 0 Å². The fourth-order valence-corrected chi connectivity index (χ4v) is 5.68. The number of Topliss-reactive ketones (excluding diaryl/α,β-unsaturated/α-hetero) is 1. The van der Waals surface area contributed by atoms with E-state index >= 15 is 0 Å². The van der Waals surface area contributed by atoms with Gasteiger partial charge in [0.05, 0.1) is 0 Å². The fraction of sp³-hybridized carbons (Fsp3) is 0.300. The van der Waals surface area contributed by atoms with E-state index in [1.165, 1.54) is 4.46 Å². The van der Waals surface area contributed by atoms with Crippen LogP contribution in [0.4, 0.5) is 0 Å². The molecule has 0 spiro atoms. The molecule has 1 unspecified atom stereocenters. The predicted molar refractivity (Wildman–Crippen MR) is 96.6 cm³/mol. The Balaban J connectivity index is 1.82.